The Morgan fingerprint density at radius 3 is 2.21 bits per heavy atom. The van der Waals surface area contributed by atoms with Crippen LogP contribution < -0.4 is 23.8 Å². The highest BCUT2D eigenvalue weighted by Crippen LogP contribution is 2.46. The van der Waals surface area contributed by atoms with Gasteiger partial charge in [0.15, 0.2) is 11.5 Å². The van der Waals surface area contributed by atoms with Crippen LogP contribution in [0.1, 0.15) is 29.7 Å². The second kappa shape index (κ2) is 11.4. The van der Waals surface area contributed by atoms with Crippen molar-refractivity contribution in [3.63, 3.8) is 0 Å². The number of ether oxygens (including phenoxy) is 4. The van der Waals surface area contributed by atoms with Crippen LogP contribution in [0.15, 0.2) is 60.2 Å². The maximum atomic E-state index is 13.5. The van der Waals surface area contributed by atoms with Crippen molar-refractivity contribution in [2.75, 3.05) is 32.8 Å². The minimum absolute atomic E-state index is 0.102. The molecule has 1 unspecified atom stereocenters. The molecule has 1 saturated heterocycles. The summed E-state index contributed by atoms with van der Waals surface area (Å²) in [6.07, 6.45) is 0. The number of aliphatic hydroxyl groups excluding tert-OH is 1. The van der Waals surface area contributed by atoms with Gasteiger partial charge in [-0.3, -0.25) is 14.5 Å². The van der Waals surface area contributed by atoms with E-state index in [1.807, 2.05) is 13.0 Å². The topological polar surface area (TPSA) is 118 Å². The molecule has 0 aromatic heterocycles. The van der Waals surface area contributed by atoms with E-state index in [-0.39, 0.29) is 21.9 Å². The molecule has 0 radical (unpaired) electrons. The monoisotopic (exact) mass is 548 g/mol. The second-order valence-electron chi connectivity index (χ2n) is 8.36. The Labute approximate surface area is 230 Å². The van der Waals surface area contributed by atoms with Gasteiger partial charge in [-0.1, -0.05) is 17.7 Å². The van der Waals surface area contributed by atoms with E-state index in [4.69, 9.17) is 30.5 Å². The van der Waals surface area contributed by atoms with Gasteiger partial charge in [-0.05, 0) is 55.0 Å². The molecule has 10 heteroatoms. The maximum absolute atomic E-state index is 13.5. The highest BCUT2D eigenvalue weighted by Gasteiger charge is 2.47. The van der Waals surface area contributed by atoms with E-state index < -0.39 is 23.5 Å². The smallest absolute Gasteiger partial charge is 0.300 e. The number of halogens is 1. The summed E-state index contributed by atoms with van der Waals surface area (Å²) in [5.74, 6) is -0.918. The van der Waals surface area contributed by atoms with Gasteiger partial charge in [0.05, 0.1) is 61.8 Å². The maximum Gasteiger partial charge on any atom is 0.300 e. The molecule has 3 aromatic carbocycles. The molecule has 1 N–H and O–H groups in total. The third kappa shape index (κ3) is 4.94. The van der Waals surface area contributed by atoms with Gasteiger partial charge in [0.25, 0.3) is 11.7 Å². The predicted molar refractivity (Wildman–Crippen MR) is 145 cm³/mol. The van der Waals surface area contributed by atoms with Crippen molar-refractivity contribution >= 4 is 34.7 Å². The van der Waals surface area contributed by atoms with Crippen LogP contribution in [0.5, 0.6) is 23.0 Å². The lowest BCUT2D eigenvalue weighted by Crippen LogP contribution is -2.29. The average Bonchev–Trinajstić information content (AvgIpc) is 3.22. The Hall–Kier alpha value is -4.68. The molecule has 0 spiro atoms. The molecule has 0 bridgehead atoms. The zero-order chi connectivity index (χ0) is 28.3. The summed E-state index contributed by atoms with van der Waals surface area (Å²) in [5, 5.41) is 20.9. The minimum atomic E-state index is -1.06. The van der Waals surface area contributed by atoms with Crippen molar-refractivity contribution in [2.24, 2.45) is 0 Å². The summed E-state index contributed by atoms with van der Waals surface area (Å²) in [6, 6.07) is 15.0. The Bertz CT molecular complexity index is 1510. The normalized spacial score (nSPS) is 16.1. The van der Waals surface area contributed by atoms with Gasteiger partial charge in [-0.2, -0.15) is 5.26 Å². The van der Waals surface area contributed by atoms with Crippen LogP contribution in [0, 0.1) is 11.3 Å². The number of nitriles is 1. The SMILES string of the molecule is CCOc1cc(C2/C(=C(\O)c3cc(Cl)c(OC)cc3OC)C(=O)C(=O)N2c2ccc(C#N)cc2)ccc1OC. The number of hydrogen-bond acceptors (Lipinski definition) is 8. The number of carbonyl (C=O) groups excluding carboxylic acids is 2. The standard InChI is InChI=1S/C29H25ClN2O7/c1-5-39-24-12-17(8-11-21(24)36-2)26-25(27(33)19-13-20(30)23(38-4)14-22(19)37-3)28(34)29(35)32(26)18-9-6-16(15-31)7-10-18/h6-14,26,33H,5H2,1-4H3/b27-25+. The Morgan fingerprint density at radius 2 is 1.62 bits per heavy atom. The van der Waals surface area contributed by atoms with E-state index in [1.165, 1.54) is 50.5 Å². The van der Waals surface area contributed by atoms with Gasteiger partial charge in [0, 0.05) is 11.8 Å². The van der Waals surface area contributed by atoms with Gasteiger partial charge < -0.3 is 24.1 Å². The first-order valence-electron chi connectivity index (χ1n) is 11.8. The fourth-order valence-corrected chi connectivity index (χ4v) is 4.67. The van der Waals surface area contributed by atoms with Crippen LogP contribution in [0.2, 0.25) is 5.02 Å². The minimum Gasteiger partial charge on any atom is -0.507 e. The van der Waals surface area contributed by atoms with Gasteiger partial charge in [0.1, 0.15) is 17.3 Å². The van der Waals surface area contributed by atoms with Crippen LogP contribution in [0.3, 0.4) is 0 Å². The highest BCUT2D eigenvalue weighted by molar-refractivity contribution is 6.51. The first-order valence-corrected chi connectivity index (χ1v) is 12.2. The number of hydrogen-bond donors (Lipinski definition) is 1. The summed E-state index contributed by atoms with van der Waals surface area (Å²) in [6.45, 7) is 2.16. The van der Waals surface area contributed by atoms with E-state index in [0.29, 0.717) is 40.7 Å². The lowest BCUT2D eigenvalue weighted by Gasteiger charge is -2.26. The van der Waals surface area contributed by atoms with Crippen molar-refractivity contribution in [2.45, 2.75) is 13.0 Å². The largest absolute Gasteiger partial charge is 0.507 e. The number of ketones is 1. The van der Waals surface area contributed by atoms with Gasteiger partial charge >= 0.3 is 0 Å². The predicted octanol–water partition coefficient (Wildman–Crippen LogP) is 5.26. The fourth-order valence-electron chi connectivity index (χ4n) is 4.43. The second-order valence-corrected chi connectivity index (χ2v) is 8.77. The molecule has 0 saturated carbocycles. The number of amides is 1. The summed E-state index contributed by atoms with van der Waals surface area (Å²) in [4.78, 5) is 28.3. The van der Waals surface area contributed by atoms with Crippen molar-refractivity contribution in [1.29, 1.82) is 5.26 Å². The van der Waals surface area contributed by atoms with E-state index >= 15 is 0 Å². The molecule has 1 aliphatic rings. The van der Waals surface area contributed by atoms with Gasteiger partial charge in [0.2, 0.25) is 0 Å². The highest BCUT2D eigenvalue weighted by atomic mass is 35.5. The van der Waals surface area contributed by atoms with Crippen molar-refractivity contribution in [1.82, 2.24) is 0 Å². The molecule has 39 heavy (non-hydrogen) atoms. The molecular formula is C29H25ClN2O7. The number of benzene rings is 3. The molecule has 1 atom stereocenters. The molecule has 9 nitrogen and oxygen atoms in total. The van der Waals surface area contributed by atoms with Crippen LogP contribution in [-0.2, 0) is 9.59 Å². The van der Waals surface area contributed by atoms with E-state index in [2.05, 4.69) is 0 Å². The zero-order valence-corrected chi connectivity index (χ0v) is 22.4. The lowest BCUT2D eigenvalue weighted by molar-refractivity contribution is -0.132. The summed E-state index contributed by atoms with van der Waals surface area (Å²) >= 11 is 6.34. The summed E-state index contributed by atoms with van der Waals surface area (Å²) in [5.41, 5.74) is 1.13. The number of nitrogens with zero attached hydrogens (tertiary/aromatic N) is 2. The molecule has 4 rings (SSSR count). The number of rotatable bonds is 8. The van der Waals surface area contributed by atoms with E-state index in [1.54, 1.807) is 30.3 Å². The molecule has 1 fully saturated rings. The third-order valence-corrected chi connectivity index (χ3v) is 6.55. The van der Waals surface area contributed by atoms with Crippen LogP contribution in [0.4, 0.5) is 5.69 Å². The molecule has 1 heterocycles. The lowest BCUT2D eigenvalue weighted by atomic mass is 9.94. The summed E-state index contributed by atoms with van der Waals surface area (Å²) < 4.78 is 21.8. The Balaban J connectivity index is 2.00. The number of anilines is 1. The van der Waals surface area contributed by atoms with E-state index in [9.17, 15) is 20.0 Å². The summed E-state index contributed by atoms with van der Waals surface area (Å²) in [7, 11) is 4.33. The van der Waals surface area contributed by atoms with Crippen LogP contribution in [0.25, 0.3) is 5.76 Å². The van der Waals surface area contributed by atoms with Crippen LogP contribution in [-0.4, -0.2) is 44.7 Å². The van der Waals surface area contributed by atoms with Gasteiger partial charge in [-0.25, -0.2) is 0 Å². The van der Waals surface area contributed by atoms with Crippen molar-refractivity contribution in [3.05, 3.63) is 81.9 Å². The number of Topliss-reactive ketones (excluding diaryl/α,β-unsaturated/α-hetero) is 1. The van der Waals surface area contributed by atoms with E-state index in [0.717, 1.165) is 0 Å². The molecule has 1 amide bonds. The first kappa shape index (κ1) is 27.4. The number of aliphatic hydroxyl groups is 1. The molecule has 200 valence electrons. The van der Waals surface area contributed by atoms with Crippen molar-refractivity contribution < 1.29 is 33.6 Å². The number of methoxy groups -OCH3 is 3. The van der Waals surface area contributed by atoms with Gasteiger partial charge in [-0.15, -0.1) is 0 Å². The Kier molecular flexibility index (Phi) is 7.98. The molecular weight excluding hydrogens is 524 g/mol. The zero-order valence-electron chi connectivity index (χ0n) is 21.6. The average molecular weight is 549 g/mol. The number of carbonyl (C=O) groups is 2. The first-order chi connectivity index (χ1) is 18.8. The molecule has 3 aromatic rings. The molecule has 1 aliphatic heterocycles. The fraction of sp³-hybridized carbons (Fsp3) is 0.207. The third-order valence-electron chi connectivity index (χ3n) is 6.25. The Morgan fingerprint density at radius 1 is 0.949 bits per heavy atom. The van der Waals surface area contributed by atoms with Crippen molar-refractivity contribution in [3.8, 4) is 29.1 Å². The molecule has 0 aliphatic carbocycles. The van der Waals surface area contributed by atoms with Crippen LogP contribution >= 0.6 is 11.6 Å². The quantitative estimate of drug-likeness (QED) is 0.230.